The summed E-state index contributed by atoms with van der Waals surface area (Å²) in [4.78, 5) is 16.4. The maximum atomic E-state index is 12.1. The number of hydrogen-bond donors (Lipinski definition) is 1. The molecule has 4 rings (SSSR count). The Morgan fingerprint density at radius 1 is 1.19 bits per heavy atom. The van der Waals surface area contributed by atoms with Crippen LogP contribution in [0.15, 0.2) is 44.4 Å². The molecular weight excluding hydrogens is 390 g/mol. The van der Waals surface area contributed by atoms with E-state index in [1.54, 1.807) is 13.4 Å². The lowest BCUT2D eigenvalue weighted by Crippen LogP contribution is -2.52. The summed E-state index contributed by atoms with van der Waals surface area (Å²) in [7, 11) is 1.60. The molecule has 1 heterocycles. The van der Waals surface area contributed by atoms with Crippen molar-refractivity contribution in [1.82, 2.24) is 0 Å². The molecule has 1 aromatic heterocycles. The molecule has 5 nitrogen and oxygen atoms in total. The summed E-state index contributed by atoms with van der Waals surface area (Å²) in [6.07, 6.45) is 12.8. The molecular formula is C26H37NO4. The molecule has 1 N–H and O–H groups in total. The summed E-state index contributed by atoms with van der Waals surface area (Å²) in [6.45, 7) is 6.89. The first kappa shape index (κ1) is 22.3. The van der Waals surface area contributed by atoms with Gasteiger partial charge in [0.2, 0.25) is 0 Å². The molecule has 0 spiro atoms. The molecule has 0 aromatic carbocycles. The van der Waals surface area contributed by atoms with Gasteiger partial charge in [-0.1, -0.05) is 37.9 Å². The van der Waals surface area contributed by atoms with Crippen LogP contribution in [0.3, 0.4) is 0 Å². The van der Waals surface area contributed by atoms with Crippen LogP contribution in [0.25, 0.3) is 0 Å². The summed E-state index contributed by atoms with van der Waals surface area (Å²) in [5.74, 6) is 0.517. The highest BCUT2D eigenvalue weighted by Gasteiger charge is 2.61. The Labute approximate surface area is 185 Å². The van der Waals surface area contributed by atoms with Crippen molar-refractivity contribution in [2.45, 2.75) is 90.1 Å². The zero-order valence-corrected chi connectivity index (χ0v) is 19.4. The van der Waals surface area contributed by atoms with E-state index in [0.29, 0.717) is 0 Å². The van der Waals surface area contributed by atoms with Gasteiger partial charge in [0.25, 0.3) is 0 Å². The Morgan fingerprint density at radius 3 is 2.71 bits per heavy atom. The summed E-state index contributed by atoms with van der Waals surface area (Å²) in [5.41, 5.74) is 2.48. The van der Waals surface area contributed by atoms with E-state index in [0.717, 1.165) is 69.1 Å². The van der Waals surface area contributed by atoms with Gasteiger partial charge in [0, 0.05) is 11.5 Å². The molecule has 2 saturated carbocycles. The van der Waals surface area contributed by atoms with E-state index in [1.807, 2.05) is 6.07 Å². The molecule has 31 heavy (non-hydrogen) atoms. The first-order valence-corrected chi connectivity index (χ1v) is 11.8. The minimum atomic E-state index is -0.672. The molecule has 0 aliphatic heterocycles. The molecule has 4 atom stereocenters. The van der Waals surface area contributed by atoms with E-state index < -0.39 is 5.60 Å². The fourth-order valence-corrected chi connectivity index (χ4v) is 6.77. The number of oxime groups is 1. The van der Waals surface area contributed by atoms with Crippen LogP contribution in [0.5, 0.6) is 0 Å². The monoisotopic (exact) mass is 427 g/mol. The van der Waals surface area contributed by atoms with Crippen molar-refractivity contribution in [3.05, 3.63) is 46.0 Å². The van der Waals surface area contributed by atoms with Crippen LogP contribution in [0.4, 0.5) is 0 Å². The van der Waals surface area contributed by atoms with E-state index in [4.69, 9.17) is 9.25 Å². The lowest BCUT2D eigenvalue weighted by atomic mass is 9.56. The Hall–Kier alpha value is -1.88. The number of aliphatic hydroxyl groups is 1. The lowest BCUT2D eigenvalue weighted by Gasteiger charge is -2.52. The Kier molecular flexibility index (Phi) is 5.93. The third kappa shape index (κ3) is 3.90. The number of nitrogens with zero attached hydrogens (tertiary/aromatic N) is 1. The van der Waals surface area contributed by atoms with Crippen LogP contribution < -0.4 is 5.63 Å². The topological polar surface area (TPSA) is 72.0 Å². The molecule has 0 unspecified atom stereocenters. The zero-order valence-electron chi connectivity index (χ0n) is 19.4. The van der Waals surface area contributed by atoms with Gasteiger partial charge in [0.1, 0.15) is 7.11 Å². The summed E-state index contributed by atoms with van der Waals surface area (Å²) >= 11 is 0. The van der Waals surface area contributed by atoms with Gasteiger partial charge >= 0.3 is 5.63 Å². The molecule has 3 aliphatic carbocycles. The van der Waals surface area contributed by atoms with Gasteiger partial charge in [0.15, 0.2) is 0 Å². The van der Waals surface area contributed by atoms with Crippen molar-refractivity contribution in [2.75, 3.05) is 7.11 Å². The number of hydrogen-bond acceptors (Lipinski definition) is 5. The van der Waals surface area contributed by atoms with Crippen LogP contribution in [-0.2, 0) is 4.84 Å². The third-order valence-corrected chi connectivity index (χ3v) is 8.81. The summed E-state index contributed by atoms with van der Waals surface area (Å²) in [5, 5.41) is 16.2. The largest absolute Gasteiger partial charge is 0.431 e. The Bertz CT molecular complexity index is 909. The van der Waals surface area contributed by atoms with Crippen molar-refractivity contribution >= 4 is 5.71 Å². The maximum Gasteiger partial charge on any atom is 0.335 e. The minimum Gasteiger partial charge on any atom is -0.431 e. The van der Waals surface area contributed by atoms with Gasteiger partial charge in [0.05, 0.1) is 17.6 Å². The predicted molar refractivity (Wildman–Crippen MR) is 122 cm³/mol. The third-order valence-electron chi connectivity index (χ3n) is 8.81. The van der Waals surface area contributed by atoms with Gasteiger partial charge < -0.3 is 14.4 Å². The van der Waals surface area contributed by atoms with Gasteiger partial charge in [-0.15, -0.1) is 0 Å². The summed E-state index contributed by atoms with van der Waals surface area (Å²) in [6, 6.07) is 3.40. The van der Waals surface area contributed by atoms with Crippen LogP contribution in [0.1, 0.15) is 90.0 Å². The molecule has 0 bridgehead atoms. The number of rotatable bonds is 5. The SMILES string of the molecule is CO/N=C1/C=C(CC[C@@H]2CCC[C@]3(C)[C@@H](c4ccc(=O)oc4)CC[C@]23O)C(C)(C)CC1. The molecule has 2 fully saturated rings. The highest BCUT2D eigenvalue weighted by Crippen LogP contribution is 2.64. The molecule has 170 valence electrons. The lowest BCUT2D eigenvalue weighted by molar-refractivity contribution is -0.132. The molecule has 5 heteroatoms. The van der Waals surface area contributed by atoms with Crippen molar-refractivity contribution in [2.24, 2.45) is 21.9 Å². The van der Waals surface area contributed by atoms with E-state index >= 15 is 0 Å². The van der Waals surface area contributed by atoms with Crippen molar-refractivity contribution < 1.29 is 14.4 Å². The Balaban J connectivity index is 1.54. The van der Waals surface area contributed by atoms with Gasteiger partial charge in [-0.2, -0.15) is 0 Å². The van der Waals surface area contributed by atoms with Crippen molar-refractivity contribution in [1.29, 1.82) is 0 Å². The fraction of sp³-hybridized carbons (Fsp3) is 0.692. The summed E-state index contributed by atoms with van der Waals surface area (Å²) < 4.78 is 5.17. The first-order valence-electron chi connectivity index (χ1n) is 11.8. The normalized spacial score (nSPS) is 36.2. The van der Waals surface area contributed by atoms with Crippen LogP contribution >= 0.6 is 0 Å². The average molecular weight is 428 g/mol. The number of allylic oxidation sites excluding steroid dienone is 2. The molecule has 0 amide bonds. The molecule has 0 saturated heterocycles. The molecule has 1 aromatic rings. The average Bonchev–Trinajstić information content (AvgIpc) is 3.01. The molecule has 3 aliphatic rings. The van der Waals surface area contributed by atoms with E-state index in [-0.39, 0.29) is 28.3 Å². The van der Waals surface area contributed by atoms with E-state index in [1.165, 1.54) is 11.6 Å². The second kappa shape index (κ2) is 8.23. The highest BCUT2D eigenvalue weighted by molar-refractivity contribution is 5.96. The Morgan fingerprint density at radius 2 is 2.00 bits per heavy atom. The second-order valence-electron chi connectivity index (χ2n) is 10.8. The quantitative estimate of drug-likeness (QED) is 0.622. The predicted octanol–water partition coefficient (Wildman–Crippen LogP) is 5.58. The standard InChI is InChI=1S/C26H37NO4/c1-24(2)14-11-21(27-30-4)16-20(24)9-8-19-6-5-13-25(3)22(12-15-26(19,25)29)18-7-10-23(28)31-17-18/h7,10,16-17,19,22,29H,5-6,8-9,11-15H2,1-4H3/b27-21+/t19-,22+,25+,26-/m0/s1. The van der Waals surface area contributed by atoms with Crippen LogP contribution in [0.2, 0.25) is 0 Å². The van der Waals surface area contributed by atoms with Crippen LogP contribution in [-0.4, -0.2) is 23.5 Å². The van der Waals surface area contributed by atoms with Gasteiger partial charge in [-0.3, -0.25) is 0 Å². The van der Waals surface area contributed by atoms with Crippen molar-refractivity contribution in [3.63, 3.8) is 0 Å². The zero-order chi connectivity index (χ0) is 22.3. The van der Waals surface area contributed by atoms with Gasteiger partial charge in [-0.05, 0) is 86.3 Å². The minimum absolute atomic E-state index is 0.160. The maximum absolute atomic E-state index is 12.1. The second-order valence-corrected chi connectivity index (χ2v) is 10.8. The van der Waals surface area contributed by atoms with E-state index in [9.17, 15) is 9.90 Å². The van der Waals surface area contributed by atoms with Crippen molar-refractivity contribution in [3.8, 4) is 0 Å². The van der Waals surface area contributed by atoms with Crippen LogP contribution in [0, 0.1) is 16.7 Å². The number of fused-ring (bicyclic) bond motifs is 1. The smallest absolute Gasteiger partial charge is 0.335 e. The fourth-order valence-electron chi connectivity index (χ4n) is 6.77. The highest BCUT2D eigenvalue weighted by atomic mass is 16.6. The molecule has 0 radical (unpaired) electrons. The first-order chi connectivity index (χ1) is 14.7. The van der Waals surface area contributed by atoms with Gasteiger partial charge in [-0.25, -0.2) is 4.79 Å². The van der Waals surface area contributed by atoms with E-state index in [2.05, 4.69) is 32.0 Å².